The maximum Gasteiger partial charge on any atom is 0.387 e. The maximum absolute atomic E-state index is 12.5. The predicted molar refractivity (Wildman–Crippen MR) is 98.0 cm³/mol. The van der Waals surface area contributed by atoms with Crippen LogP contribution in [0.5, 0.6) is 11.5 Å². The molecule has 0 aliphatic heterocycles. The van der Waals surface area contributed by atoms with Gasteiger partial charge in [-0.1, -0.05) is 36.4 Å². The Morgan fingerprint density at radius 3 is 2.46 bits per heavy atom. The third kappa shape index (κ3) is 6.23. The summed E-state index contributed by atoms with van der Waals surface area (Å²) >= 11 is 0. The van der Waals surface area contributed by atoms with Crippen molar-refractivity contribution < 1.29 is 18.3 Å². The summed E-state index contributed by atoms with van der Waals surface area (Å²) in [6.45, 7) is -1.76. The minimum Gasteiger partial charge on any atom is -0.493 e. The van der Waals surface area contributed by atoms with Crippen molar-refractivity contribution in [2.45, 2.75) is 19.6 Å². The second-order valence-corrected chi connectivity index (χ2v) is 5.45. The van der Waals surface area contributed by atoms with Crippen LogP contribution in [0.2, 0.25) is 0 Å². The van der Waals surface area contributed by atoms with Gasteiger partial charge in [-0.15, -0.1) is 0 Å². The molecule has 0 amide bonds. The number of hydrogen-bond acceptors (Lipinski definition) is 3. The summed E-state index contributed by atoms with van der Waals surface area (Å²) in [7, 11) is 3.08. The third-order valence-corrected chi connectivity index (χ3v) is 3.68. The van der Waals surface area contributed by atoms with Crippen molar-refractivity contribution in [1.82, 2.24) is 10.6 Å². The van der Waals surface area contributed by atoms with Crippen LogP contribution >= 0.6 is 0 Å². The number of guanidine groups is 1. The van der Waals surface area contributed by atoms with E-state index in [-0.39, 0.29) is 11.5 Å². The van der Waals surface area contributed by atoms with Gasteiger partial charge in [-0.05, 0) is 29.7 Å². The van der Waals surface area contributed by atoms with E-state index in [0.29, 0.717) is 12.5 Å². The van der Waals surface area contributed by atoms with Gasteiger partial charge in [0.15, 0.2) is 17.5 Å². The summed E-state index contributed by atoms with van der Waals surface area (Å²) in [6.07, 6.45) is 0.871. The molecule has 0 unspecified atom stereocenters. The van der Waals surface area contributed by atoms with Crippen molar-refractivity contribution in [2.24, 2.45) is 4.99 Å². The van der Waals surface area contributed by atoms with Gasteiger partial charge in [0.05, 0.1) is 7.11 Å². The van der Waals surface area contributed by atoms with Gasteiger partial charge >= 0.3 is 6.61 Å². The normalized spacial score (nSPS) is 11.3. The number of aliphatic imine (C=N–C) groups is 1. The van der Waals surface area contributed by atoms with Crippen LogP contribution < -0.4 is 20.1 Å². The molecule has 2 aromatic rings. The summed E-state index contributed by atoms with van der Waals surface area (Å²) in [4.78, 5) is 4.16. The zero-order chi connectivity index (χ0) is 18.8. The number of nitrogens with one attached hydrogen (secondary N) is 2. The number of nitrogens with zero attached hydrogens (tertiary/aromatic N) is 1. The lowest BCUT2D eigenvalue weighted by molar-refractivity contribution is -0.0512. The van der Waals surface area contributed by atoms with E-state index in [1.54, 1.807) is 19.2 Å². The summed E-state index contributed by atoms with van der Waals surface area (Å²) < 4.78 is 34.5. The Hall–Kier alpha value is -2.83. The van der Waals surface area contributed by atoms with E-state index in [1.807, 2.05) is 18.2 Å². The second kappa shape index (κ2) is 10.2. The summed E-state index contributed by atoms with van der Waals surface area (Å²) in [5, 5.41) is 6.37. The Kier molecular flexibility index (Phi) is 7.67. The quantitative estimate of drug-likeness (QED) is 0.559. The minimum absolute atomic E-state index is 0.00817. The lowest BCUT2D eigenvalue weighted by Gasteiger charge is -2.14. The number of alkyl halides is 2. The topological polar surface area (TPSA) is 54.9 Å². The van der Waals surface area contributed by atoms with Crippen LogP contribution in [0.1, 0.15) is 11.1 Å². The van der Waals surface area contributed by atoms with Crippen LogP contribution in [-0.2, 0) is 13.0 Å². The average molecular weight is 363 g/mol. The van der Waals surface area contributed by atoms with Gasteiger partial charge in [-0.2, -0.15) is 8.78 Å². The van der Waals surface area contributed by atoms with Gasteiger partial charge in [-0.25, -0.2) is 0 Å². The first-order chi connectivity index (χ1) is 12.6. The molecule has 26 heavy (non-hydrogen) atoms. The highest BCUT2D eigenvalue weighted by Crippen LogP contribution is 2.29. The smallest absolute Gasteiger partial charge is 0.387 e. The van der Waals surface area contributed by atoms with E-state index in [2.05, 4.69) is 32.5 Å². The first kappa shape index (κ1) is 19.5. The van der Waals surface area contributed by atoms with Crippen LogP contribution in [0, 0.1) is 0 Å². The molecule has 2 aromatic carbocycles. The van der Waals surface area contributed by atoms with Crippen LogP contribution in [0.4, 0.5) is 8.78 Å². The Morgan fingerprint density at radius 1 is 1.04 bits per heavy atom. The molecule has 0 aliphatic carbocycles. The number of ether oxygens (including phenoxy) is 2. The molecular formula is C19H23F2N3O2. The molecule has 0 saturated heterocycles. The van der Waals surface area contributed by atoms with Crippen molar-refractivity contribution in [1.29, 1.82) is 0 Å². The molecular weight excluding hydrogens is 340 g/mol. The van der Waals surface area contributed by atoms with Crippen LogP contribution in [0.25, 0.3) is 0 Å². The molecule has 2 rings (SSSR count). The minimum atomic E-state index is -2.90. The standard InChI is InChI=1S/C19H23F2N3O2/c1-22-19(23-11-10-14-6-4-3-5-7-14)24-13-15-8-9-16(25-2)17(12-15)26-18(20)21/h3-9,12,18H,10-11,13H2,1-2H3,(H2,22,23,24). The number of benzene rings is 2. The summed E-state index contributed by atoms with van der Waals surface area (Å²) in [5.41, 5.74) is 2.01. The number of rotatable bonds is 8. The van der Waals surface area contributed by atoms with Gasteiger partial charge in [0.2, 0.25) is 0 Å². The molecule has 0 aromatic heterocycles. The van der Waals surface area contributed by atoms with Crippen LogP contribution in [0.15, 0.2) is 53.5 Å². The van der Waals surface area contributed by atoms with Crippen LogP contribution in [0.3, 0.4) is 0 Å². The van der Waals surface area contributed by atoms with Crippen LogP contribution in [-0.4, -0.2) is 33.3 Å². The highest BCUT2D eigenvalue weighted by atomic mass is 19.3. The molecule has 0 spiro atoms. The number of hydrogen-bond donors (Lipinski definition) is 2. The molecule has 0 aliphatic rings. The Bertz CT molecular complexity index is 709. The molecule has 0 fully saturated rings. The van der Waals surface area contributed by atoms with E-state index in [0.717, 1.165) is 18.5 Å². The van der Waals surface area contributed by atoms with Crippen molar-refractivity contribution in [3.05, 3.63) is 59.7 Å². The lowest BCUT2D eigenvalue weighted by Crippen LogP contribution is -2.37. The van der Waals surface area contributed by atoms with Gasteiger partial charge in [0.25, 0.3) is 0 Å². The number of methoxy groups -OCH3 is 1. The lowest BCUT2D eigenvalue weighted by atomic mass is 10.1. The fourth-order valence-corrected chi connectivity index (χ4v) is 2.40. The molecule has 140 valence electrons. The summed E-state index contributed by atoms with van der Waals surface area (Å²) in [5.74, 6) is 0.904. The Morgan fingerprint density at radius 2 is 1.81 bits per heavy atom. The highest BCUT2D eigenvalue weighted by molar-refractivity contribution is 5.79. The fourth-order valence-electron chi connectivity index (χ4n) is 2.40. The zero-order valence-electron chi connectivity index (χ0n) is 14.8. The van der Waals surface area contributed by atoms with E-state index in [4.69, 9.17) is 4.74 Å². The molecule has 2 N–H and O–H groups in total. The van der Waals surface area contributed by atoms with E-state index in [9.17, 15) is 8.78 Å². The molecule has 0 radical (unpaired) electrons. The van der Waals surface area contributed by atoms with Gasteiger partial charge in [0, 0.05) is 20.1 Å². The number of halogens is 2. The van der Waals surface area contributed by atoms with Crippen molar-refractivity contribution in [3.8, 4) is 11.5 Å². The van der Waals surface area contributed by atoms with Crippen molar-refractivity contribution in [2.75, 3.05) is 20.7 Å². The zero-order valence-corrected chi connectivity index (χ0v) is 14.8. The van der Waals surface area contributed by atoms with Gasteiger partial charge in [0.1, 0.15) is 0 Å². The predicted octanol–water partition coefficient (Wildman–Crippen LogP) is 3.20. The molecule has 0 bridgehead atoms. The molecule has 0 heterocycles. The third-order valence-electron chi connectivity index (χ3n) is 3.68. The van der Waals surface area contributed by atoms with E-state index in [1.165, 1.54) is 18.7 Å². The first-order valence-electron chi connectivity index (χ1n) is 8.22. The Balaban J connectivity index is 1.87. The van der Waals surface area contributed by atoms with E-state index >= 15 is 0 Å². The van der Waals surface area contributed by atoms with Crippen molar-refractivity contribution >= 4 is 5.96 Å². The second-order valence-electron chi connectivity index (χ2n) is 5.45. The first-order valence-corrected chi connectivity index (χ1v) is 8.22. The van der Waals surface area contributed by atoms with Gasteiger partial charge in [-0.3, -0.25) is 4.99 Å². The average Bonchev–Trinajstić information content (AvgIpc) is 2.65. The van der Waals surface area contributed by atoms with Crippen molar-refractivity contribution in [3.63, 3.8) is 0 Å². The highest BCUT2D eigenvalue weighted by Gasteiger charge is 2.11. The van der Waals surface area contributed by atoms with E-state index < -0.39 is 6.61 Å². The SMILES string of the molecule is CN=C(NCCc1ccccc1)NCc1ccc(OC)c(OC(F)F)c1. The largest absolute Gasteiger partial charge is 0.493 e. The molecule has 0 saturated carbocycles. The van der Waals surface area contributed by atoms with Gasteiger partial charge < -0.3 is 20.1 Å². The molecule has 0 atom stereocenters. The maximum atomic E-state index is 12.5. The fraction of sp³-hybridized carbons (Fsp3) is 0.316. The summed E-state index contributed by atoms with van der Waals surface area (Å²) in [6, 6.07) is 15.0. The Labute approximate surface area is 152 Å². The molecule has 7 heteroatoms. The monoisotopic (exact) mass is 363 g/mol. The molecule has 5 nitrogen and oxygen atoms in total.